The van der Waals surface area contributed by atoms with E-state index in [1.165, 1.54) is 12.1 Å². The molecule has 2 atom stereocenters. The predicted octanol–water partition coefficient (Wildman–Crippen LogP) is 4.51. The number of rotatable bonds is 2. The Morgan fingerprint density at radius 3 is 2.48 bits per heavy atom. The molecule has 0 aliphatic carbocycles. The molecule has 0 bridgehead atoms. The molecule has 2 heterocycles. The first-order valence-electron chi connectivity index (χ1n) is 8.18. The van der Waals surface area contributed by atoms with E-state index in [1.54, 1.807) is 6.07 Å². The van der Waals surface area contributed by atoms with Gasteiger partial charge in [0.2, 0.25) is 11.2 Å². The van der Waals surface area contributed by atoms with Gasteiger partial charge in [-0.05, 0) is 38.5 Å². The van der Waals surface area contributed by atoms with Crippen molar-refractivity contribution in [3.8, 4) is 11.3 Å². The van der Waals surface area contributed by atoms with Gasteiger partial charge in [0.25, 0.3) is 0 Å². The number of nitrogens with zero attached hydrogens (tertiary/aromatic N) is 2. The lowest BCUT2D eigenvalue weighted by molar-refractivity contribution is -0.772. The molecule has 4 heteroatoms. The van der Waals surface area contributed by atoms with Crippen molar-refractivity contribution in [3.63, 3.8) is 0 Å². The van der Waals surface area contributed by atoms with E-state index in [-0.39, 0.29) is 0 Å². The average molecular weight is 317 g/mol. The molecule has 0 saturated heterocycles. The van der Waals surface area contributed by atoms with Crippen LogP contribution in [-0.4, -0.2) is 4.98 Å². The lowest BCUT2D eigenvalue weighted by Gasteiger charge is -2.42. The highest BCUT2D eigenvalue weighted by molar-refractivity contribution is 5.66. The van der Waals surface area contributed by atoms with E-state index in [0.717, 1.165) is 22.6 Å². The van der Waals surface area contributed by atoms with E-state index in [1.807, 2.05) is 45.4 Å². The zero-order chi connectivity index (χ0) is 17.0. The van der Waals surface area contributed by atoms with Gasteiger partial charge in [-0.25, -0.2) is 13.8 Å². The molecule has 0 amide bonds. The number of hydrogen-bond donors (Lipinski definition) is 0. The summed E-state index contributed by atoms with van der Waals surface area (Å²) in [6.07, 6.45) is 2.82. The lowest BCUT2D eigenvalue weighted by atomic mass is 9.69. The van der Waals surface area contributed by atoms with Gasteiger partial charge in [-0.2, -0.15) is 4.57 Å². The van der Waals surface area contributed by atoms with Crippen LogP contribution in [0.4, 0.5) is 8.78 Å². The summed E-state index contributed by atoms with van der Waals surface area (Å²) in [5.41, 5.74) is 1.36. The van der Waals surface area contributed by atoms with Gasteiger partial charge in [0.1, 0.15) is 17.2 Å². The highest BCUT2D eigenvalue weighted by Gasteiger charge is 2.60. The van der Waals surface area contributed by atoms with Crippen LogP contribution in [0.3, 0.4) is 0 Å². The Bertz CT molecular complexity index is 787. The van der Waals surface area contributed by atoms with Crippen LogP contribution in [0, 0.1) is 19.7 Å². The van der Waals surface area contributed by atoms with Crippen LogP contribution in [-0.2, 0) is 11.2 Å². The highest BCUT2D eigenvalue weighted by Crippen LogP contribution is 2.51. The van der Waals surface area contributed by atoms with E-state index in [2.05, 4.69) is 4.98 Å². The number of hydrogen-bond acceptors (Lipinski definition) is 1. The molecule has 1 aliphatic rings. The molecule has 0 saturated carbocycles. The molecule has 1 aliphatic heterocycles. The maximum absolute atomic E-state index is 16.3. The zero-order valence-corrected chi connectivity index (χ0v) is 14.4. The minimum atomic E-state index is -1.63. The molecule has 1 aromatic carbocycles. The van der Waals surface area contributed by atoms with Crippen molar-refractivity contribution in [3.05, 3.63) is 47.2 Å². The SMILES string of the molecule is CCC1(F)c2cc(F)ccc2-c2c(C)nc(C)c[n+]2[C@]1(C)CC. The van der Waals surface area contributed by atoms with Crippen molar-refractivity contribution in [1.29, 1.82) is 0 Å². The maximum atomic E-state index is 16.3. The van der Waals surface area contributed by atoms with E-state index >= 15 is 4.39 Å². The number of aryl methyl sites for hydroxylation is 2. The van der Waals surface area contributed by atoms with Crippen LogP contribution in [0.15, 0.2) is 24.4 Å². The quantitative estimate of drug-likeness (QED) is 0.745. The number of halogens is 2. The van der Waals surface area contributed by atoms with Gasteiger partial charge in [-0.1, -0.05) is 13.8 Å². The van der Waals surface area contributed by atoms with Crippen LogP contribution in [0.1, 0.15) is 50.6 Å². The zero-order valence-electron chi connectivity index (χ0n) is 14.4. The van der Waals surface area contributed by atoms with Crippen molar-refractivity contribution in [2.45, 2.75) is 58.7 Å². The van der Waals surface area contributed by atoms with Crippen LogP contribution in [0.25, 0.3) is 11.3 Å². The first-order chi connectivity index (χ1) is 10.8. The molecule has 0 N–H and O–H groups in total. The molecule has 0 spiro atoms. The van der Waals surface area contributed by atoms with Crippen molar-refractivity contribution in [1.82, 2.24) is 4.98 Å². The molecule has 122 valence electrons. The number of alkyl halides is 1. The molecule has 3 rings (SSSR count). The summed E-state index contributed by atoms with van der Waals surface area (Å²) >= 11 is 0. The smallest absolute Gasteiger partial charge is 0.234 e. The third-order valence-electron chi connectivity index (χ3n) is 5.47. The minimum absolute atomic E-state index is 0.292. The fraction of sp³-hybridized carbons (Fsp3) is 0.474. The predicted molar refractivity (Wildman–Crippen MR) is 86.3 cm³/mol. The van der Waals surface area contributed by atoms with E-state index in [9.17, 15) is 4.39 Å². The summed E-state index contributed by atoms with van der Waals surface area (Å²) in [5.74, 6) is -0.399. The summed E-state index contributed by atoms with van der Waals surface area (Å²) < 4.78 is 32.2. The van der Waals surface area contributed by atoms with E-state index in [0.29, 0.717) is 18.4 Å². The fourth-order valence-corrected chi connectivity index (χ4v) is 4.04. The second kappa shape index (κ2) is 5.08. The second-order valence-electron chi connectivity index (χ2n) is 6.66. The molecule has 1 aromatic heterocycles. The normalized spacial score (nSPS) is 25.9. The Morgan fingerprint density at radius 1 is 1.17 bits per heavy atom. The summed E-state index contributed by atoms with van der Waals surface area (Å²) in [7, 11) is 0. The Kier molecular flexibility index (Phi) is 3.54. The molecule has 23 heavy (non-hydrogen) atoms. The first kappa shape index (κ1) is 16.0. The van der Waals surface area contributed by atoms with Crippen molar-refractivity contribution >= 4 is 0 Å². The topological polar surface area (TPSA) is 16.8 Å². The second-order valence-corrected chi connectivity index (χ2v) is 6.66. The Balaban J connectivity index is 2.50. The summed E-state index contributed by atoms with van der Waals surface area (Å²) in [6.45, 7) is 9.58. The minimum Gasteiger partial charge on any atom is -0.245 e. The van der Waals surface area contributed by atoms with E-state index in [4.69, 9.17) is 0 Å². The van der Waals surface area contributed by atoms with Gasteiger partial charge in [0.15, 0.2) is 11.9 Å². The summed E-state index contributed by atoms with van der Waals surface area (Å²) in [4.78, 5) is 4.54. The Labute approximate surface area is 136 Å². The van der Waals surface area contributed by atoms with Crippen molar-refractivity contribution < 1.29 is 13.3 Å². The van der Waals surface area contributed by atoms with Crippen LogP contribution in [0.5, 0.6) is 0 Å². The van der Waals surface area contributed by atoms with Gasteiger partial charge in [-0.15, -0.1) is 0 Å². The first-order valence-corrected chi connectivity index (χ1v) is 8.18. The number of benzene rings is 1. The van der Waals surface area contributed by atoms with Gasteiger partial charge >= 0.3 is 0 Å². The van der Waals surface area contributed by atoms with Crippen LogP contribution < -0.4 is 4.57 Å². The monoisotopic (exact) mass is 317 g/mol. The van der Waals surface area contributed by atoms with Crippen molar-refractivity contribution in [2.75, 3.05) is 0 Å². The van der Waals surface area contributed by atoms with Gasteiger partial charge in [0.05, 0.1) is 5.56 Å². The summed E-state index contributed by atoms with van der Waals surface area (Å²) in [5, 5.41) is 0. The average Bonchev–Trinajstić information content (AvgIpc) is 2.52. The maximum Gasteiger partial charge on any atom is 0.234 e. The third kappa shape index (κ3) is 1.97. The molecule has 1 unspecified atom stereocenters. The van der Waals surface area contributed by atoms with Gasteiger partial charge < -0.3 is 0 Å². The molecule has 0 fully saturated rings. The van der Waals surface area contributed by atoms with Crippen molar-refractivity contribution in [2.24, 2.45) is 0 Å². The molecular weight excluding hydrogens is 294 g/mol. The van der Waals surface area contributed by atoms with Gasteiger partial charge in [-0.3, -0.25) is 0 Å². The molecule has 2 aromatic rings. The highest BCUT2D eigenvalue weighted by atomic mass is 19.1. The largest absolute Gasteiger partial charge is 0.245 e. The molecule has 2 nitrogen and oxygen atoms in total. The fourth-order valence-electron chi connectivity index (χ4n) is 4.04. The van der Waals surface area contributed by atoms with E-state index < -0.39 is 17.0 Å². The number of aromatic nitrogens is 2. The third-order valence-corrected chi connectivity index (χ3v) is 5.47. The Hall–Kier alpha value is -1.84. The molecule has 0 radical (unpaired) electrons. The molecular formula is C19H23F2N2+. The standard InChI is InChI=1S/C19H23F2N2/c1-6-18(5)19(21,7-2)16-10-14(20)8-9-15(16)17-13(4)22-12(3)11-23(17)18/h8-11H,6-7H2,1-5H3/q+1/t18-,19?/m1/s1. The Morgan fingerprint density at radius 2 is 1.87 bits per heavy atom. The lowest BCUT2D eigenvalue weighted by Crippen LogP contribution is -2.67. The number of fused-ring (bicyclic) bond motifs is 3. The van der Waals surface area contributed by atoms with Gasteiger partial charge in [0, 0.05) is 18.9 Å². The van der Waals surface area contributed by atoms with Crippen LogP contribution in [0.2, 0.25) is 0 Å². The summed E-state index contributed by atoms with van der Waals surface area (Å²) in [6, 6.07) is 4.43. The van der Waals surface area contributed by atoms with Crippen LogP contribution >= 0.6 is 0 Å².